The number of benzene rings is 1. The first-order valence-electron chi connectivity index (χ1n) is 6.66. The average Bonchev–Trinajstić information content (AvgIpc) is 2.46. The number of pyridine rings is 1. The molecule has 3 nitrogen and oxygen atoms in total. The number of hydrogen-bond donors (Lipinski definition) is 2. The minimum atomic E-state index is 0.136. The number of para-hydroxylation sites is 1. The summed E-state index contributed by atoms with van der Waals surface area (Å²) in [5.74, 6) is 0.347. The molecule has 0 bridgehead atoms. The second-order valence-corrected chi connectivity index (χ2v) is 4.69. The molecular formula is C16H20N2O. The van der Waals surface area contributed by atoms with Gasteiger partial charge in [0.05, 0.1) is 0 Å². The maximum absolute atomic E-state index is 9.94. The van der Waals surface area contributed by atoms with Crippen LogP contribution in [0.2, 0.25) is 0 Å². The van der Waals surface area contributed by atoms with E-state index in [1.807, 2.05) is 30.5 Å². The van der Waals surface area contributed by atoms with E-state index in [0.717, 1.165) is 17.5 Å². The van der Waals surface area contributed by atoms with E-state index >= 15 is 0 Å². The van der Waals surface area contributed by atoms with Gasteiger partial charge in [-0.2, -0.15) is 0 Å². The van der Waals surface area contributed by atoms with E-state index in [9.17, 15) is 5.11 Å². The number of hydrogen-bond acceptors (Lipinski definition) is 3. The van der Waals surface area contributed by atoms with Crippen molar-refractivity contribution in [3.8, 4) is 5.75 Å². The van der Waals surface area contributed by atoms with Gasteiger partial charge in [-0.1, -0.05) is 31.2 Å². The van der Waals surface area contributed by atoms with E-state index in [1.165, 1.54) is 0 Å². The second-order valence-electron chi connectivity index (χ2n) is 4.69. The Morgan fingerprint density at radius 2 is 2.00 bits per heavy atom. The van der Waals surface area contributed by atoms with Gasteiger partial charge in [0.2, 0.25) is 0 Å². The van der Waals surface area contributed by atoms with Crippen molar-refractivity contribution in [3.63, 3.8) is 0 Å². The molecule has 2 unspecified atom stereocenters. The van der Waals surface area contributed by atoms with Crippen LogP contribution in [0.1, 0.15) is 43.5 Å². The molecule has 2 atom stereocenters. The molecule has 0 aliphatic heterocycles. The van der Waals surface area contributed by atoms with Crippen molar-refractivity contribution in [3.05, 3.63) is 59.9 Å². The van der Waals surface area contributed by atoms with E-state index in [2.05, 4.69) is 30.2 Å². The molecule has 2 N–H and O–H groups in total. The predicted molar refractivity (Wildman–Crippen MR) is 76.9 cm³/mol. The fourth-order valence-electron chi connectivity index (χ4n) is 2.24. The Morgan fingerprint density at radius 3 is 2.63 bits per heavy atom. The van der Waals surface area contributed by atoms with Crippen molar-refractivity contribution in [1.82, 2.24) is 10.3 Å². The summed E-state index contributed by atoms with van der Waals surface area (Å²) < 4.78 is 0. The summed E-state index contributed by atoms with van der Waals surface area (Å²) in [5, 5.41) is 13.5. The molecule has 2 rings (SSSR count). The van der Waals surface area contributed by atoms with Crippen molar-refractivity contribution >= 4 is 0 Å². The van der Waals surface area contributed by atoms with Crippen LogP contribution in [0.25, 0.3) is 0 Å². The van der Waals surface area contributed by atoms with Gasteiger partial charge in [-0.15, -0.1) is 0 Å². The van der Waals surface area contributed by atoms with Gasteiger partial charge < -0.3 is 10.4 Å². The predicted octanol–water partition coefficient (Wildman–Crippen LogP) is 3.59. The standard InChI is InChI=1S/C16H20N2O/c1-3-15(14-8-4-5-9-16(14)19)18-12(2)13-7-6-10-17-11-13/h4-12,15,18-19H,3H2,1-2H3. The van der Waals surface area contributed by atoms with Crippen molar-refractivity contribution in [2.75, 3.05) is 0 Å². The first-order valence-corrected chi connectivity index (χ1v) is 6.66. The van der Waals surface area contributed by atoms with E-state index in [4.69, 9.17) is 0 Å². The quantitative estimate of drug-likeness (QED) is 0.859. The molecule has 0 aliphatic carbocycles. The largest absolute Gasteiger partial charge is 0.508 e. The molecule has 1 aromatic heterocycles. The fraction of sp³-hybridized carbons (Fsp3) is 0.312. The topological polar surface area (TPSA) is 45.2 Å². The van der Waals surface area contributed by atoms with Gasteiger partial charge in [-0.25, -0.2) is 0 Å². The Balaban J connectivity index is 2.14. The lowest BCUT2D eigenvalue weighted by Gasteiger charge is -2.23. The molecular weight excluding hydrogens is 236 g/mol. The number of aromatic nitrogens is 1. The van der Waals surface area contributed by atoms with Crippen LogP contribution < -0.4 is 5.32 Å². The Labute approximate surface area is 114 Å². The van der Waals surface area contributed by atoms with E-state index in [-0.39, 0.29) is 12.1 Å². The van der Waals surface area contributed by atoms with Gasteiger partial charge in [-0.3, -0.25) is 4.98 Å². The van der Waals surface area contributed by atoms with Crippen molar-refractivity contribution in [2.24, 2.45) is 0 Å². The minimum absolute atomic E-state index is 0.136. The summed E-state index contributed by atoms with van der Waals surface area (Å²) in [6.07, 6.45) is 4.56. The molecule has 3 heteroatoms. The van der Waals surface area contributed by atoms with Crippen LogP contribution in [0.4, 0.5) is 0 Å². The lowest BCUT2D eigenvalue weighted by atomic mass is 10.0. The van der Waals surface area contributed by atoms with E-state index < -0.39 is 0 Å². The van der Waals surface area contributed by atoms with E-state index in [0.29, 0.717) is 5.75 Å². The minimum Gasteiger partial charge on any atom is -0.508 e. The van der Waals surface area contributed by atoms with Crippen LogP contribution in [0.5, 0.6) is 5.75 Å². The molecule has 0 radical (unpaired) electrons. The van der Waals surface area contributed by atoms with Crippen LogP contribution in [-0.4, -0.2) is 10.1 Å². The Bertz CT molecular complexity index is 513. The van der Waals surface area contributed by atoms with Gasteiger partial charge in [-0.05, 0) is 31.0 Å². The summed E-state index contributed by atoms with van der Waals surface area (Å²) in [6.45, 7) is 4.22. The summed E-state index contributed by atoms with van der Waals surface area (Å²) in [7, 11) is 0. The summed E-state index contributed by atoms with van der Waals surface area (Å²) >= 11 is 0. The number of aromatic hydroxyl groups is 1. The molecule has 1 aromatic carbocycles. The molecule has 0 saturated carbocycles. The highest BCUT2D eigenvalue weighted by Gasteiger charge is 2.16. The van der Waals surface area contributed by atoms with Gasteiger partial charge in [0.15, 0.2) is 0 Å². The van der Waals surface area contributed by atoms with Crippen molar-refractivity contribution in [2.45, 2.75) is 32.4 Å². The zero-order valence-corrected chi connectivity index (χ0v) is 11.4. The van der Waals surface area contributed by atoms with Crippen LogP contribution in [0, 0.1) is 0 Å². The molecule has 100 valence electrons. The highest BCUT2D eigenvalue weighted by Crippen LogP contribution is 2.28. The first-order chi connectivity index (χ1) is 9.22. The maximum Gasteiger partial charge on any atom is 0.120 e. The lowest BCUT2D eigenvalue weighted by Crippen LogP contribution is -2.24. The molecule has 0 amide bonds. The molecule has 2 aromatic rings. The average molecular weight is 256 g/mol. The van der Waals surface area contributed by atoms with Crippen LogP contribution in [0.15, 0.2) is 48.8 Å². The van der Waals surface area contributed by atoms with E-state index in [1.54, 1.807) is 12.3 Å². The first kappa shape index (κ1) is 13.6. The maximum atomic E-state index is 9.94. The zero-order valence-electron chi connectivity index (χ0n) is 11.4. The molecule has 0 spiro atoms. The molecule has 0 saturated heterocycles. The van der Waals surface area contributed by atoms with Crippen molar-refractivity contribution in [1.29, 1.82) is 0 Å². The molecule has 0 aliphatic rings. The highest BCUT2D eigenvalue weighted by atomic mass is 16.3. The number of phenols is 1. The normalized spacial score (nSPS) is 14.0. The van der Waals surface area contributed by atoms with Gasteiger partial charge in [0, 0.05) is 30.0 Å². The van der Waals surface area contributed by atoms with Crippen molar-refractivity contribution < 1.29 is 5.11 Å². The molecule has 19 heavy (non-hydrogen) atoms. The highest BCUT2D eigenvalue weighted by molar-refractivity contribution is 5.34. The summed E-state index contributed by atoms with van der Waals surface area (Å²) in [6, 6.07) is 11.8. The number of phenolic OH excluding ortho intramolecular Hbond substituents is 1. The van der Waals surface area contributed by atoms with Gasteiger partial charge in [0.25, 0.3) is 0 Å². The molecule has 0 fully saturated rings. The number of nitrogens with one attached hydrogen (secondary N) is 1. The smallest absolute Gasteiger partial charge is 0.120 e. The third-order valence-corrected chi connectivity index (χ3v) is 3.36. The summed E-state index contributed by atoms with van der Waals surface area (Å²) in [5.41, 5.74) is 2.09. The lowest BCUT2D eigenvalue weighted by molar-refractivity contribution is 0.419. The van der Waals surface area contributed by atoms with Crippen LogP contribution in [-0.2, 0) is 0 Å². The fourth-order valence-corrected chi connectivity index (χ4v) is 2.24. The summed E-state index contributed by atoms with van der Waals surface area (Å²) in [4.78, 5) is 4.14. The van der Waals surface area contributed by atoms with Gasteiger partial charge in [0.1, 0.15) is 5.75 Å². The number of nitrogens with zero attached hydrogens (tertiary/aromatic N) is 1. The molecule has 1 heterocycles. The SMILES string of the molecule is CCC(NC(C)c1cccnc1)c1ccccc1O. The Morgan fingerprint density at radius 1 is 1.21 bits per heavy atom. The van der Waals surface area contributed by atoms with Crippen LogP contribution >= 0.6 is 0 Å². The monoisotopic (exact) mass is 256 g/mol. The second kappa shape index (κ2) is 6.34. The number of rotatable bonds is 5. The Kier molecular flexibility index (Phi) is 4.53. The Hall–Kier alpha value is -1.87. The van der Waals surface area contributed by atoms with Crippen LogP contribution in [0.3, 0.4) is 0 Å². The zero-order chi connectivity index (χ0) is 13.7. The third-order valence-electron chi connectivity index (χ3n) is 3.36. The third kappa shape index (κ3) is 3.32. The van der Waals surface area contributed by atoms with Gasteiger partial charge >= 0.3 is 0 Å².